The Morgan fingerprint density at radius 1 is 0.846 bits per heavy atom. The molecule has 0 bridgehead atoms. The van der Waals surface area contributed by atoms with Crippen LogP contribution in [-0.4, -0.2) is 34.9 Å². The average Bonchev–Trinajstić information content (AvgIpc) is 2.60. The summed E-state index contributed by atoms with van der Waals surface area (Å²) in [4.78, 5) is 10.9. The van der Waals surface area contributed by atoms with Crippen molar-refractivity contribution in [3.05, 3.63) is 12.2 Å². The molecule has 0 aliphatic heterocycles. The minimum Gasteiger partial charge on any atom is -0.480 e. The molecule has 0 aromatic rings. The van der Waals surface area contributed by atoms with Gasteiger partial charge in [0, 0.05) is 0 Å². The van der Waals surface area contributed by atoms with Crippen LogP contribution in [0.4, 0.5) is 0 Å². The van der Waals surface area contributed by atoms with E-state index >= 15 is 0 Å². The van der Waals surface area contributed by atoms with Crippen LogP contribution < -0.4 is 5.32 Å². The maximum Gasteiger partial charge on any atom is 0.323 e. The molecule has 0 unspecified atom stereocenters. The van der Waals surface area contributed by atoms with Crippen molar-refractivity contribution in [1.82, 2.24) is 5.32 Å². The molecule has 0 heterocycles. The molecule has 0 aliphatic rings. The molecule has 2 atom stereocenters. The van der Waals surface area contributed by atoms with E-state index in [1.807, 2.05) is 0 Å². The summed E-state index contributed by atoms with van der Waals surface area (Å²) in [6.07, 6.45) is 21.6. The number of allylic oxidation sites excluding steroid dienone is 2. The zero-order chi connectivity index (χ0) is 19.5. The second-order valence-corrected chi connectivity index (χ2v) is 7.45. The van der Waals surface area contributed by atoms with E-state index in [9.17, 15) is 9.90 Å². The summed E-state index contributed by atoms with van der Waals surface area (Å²) >= 11 is 0. The molecule has 4 nitrogen and oxygen atoms in total. The molecule has 0 saturated heterocycles. The lowest BCUT2D eigenvalue weighted by Crippen LogP contribution is -2.45. The van der Waals surface area contributed by atoms with E-state index in [1.165, 1.54) is 84.0 Å². The molecule has 3 N–H and O–H groups in total. The van der Waals surface area contributed by atoms with Gasteiger partial charge in [0.05, 0.1) is 6.10 Å². The van der Waals surface area contributed by atoms with E-state index in [1.54, 1.807) is 0 Å². The van der Waals surface area contributed by atoms with E-state index in [2.05, 4.69) is 24.4 Å². The van der Waals surface area contributed by atoms with E-state index in [4.69, 9.17) is 5.11 Å². The fraction of sp³-hybridized carbons (Fsp3) is 0.864. The van der Waals surface area contributed by atoms with Gasteiger partial charge in [0.2, 0.25) is 0 Å². The van der Waals surface area contributed by atoms with Gasteiger partial charge < -0.3 is 15.5 Å². The highest BCUT2D eigenvalue weighted by atomic mass is 16.4. The summed E-state index contributed by atoms with van der Waals surface area (Å²) in [5.74, 6) is -0.982. The van der Waals surface area contributed by atoms with Crippen molar-refractivity contribution in [2.45, 2.75) is 116 Å². The first-order valence-electron chi connectivity index (χ1n) is 10.9. The highest BCUT2D eigenvalue weighted by molar-refractivity contribution is 5.74. The quantitative estimate of drug-likeness (QED) is 0.209. The molecule has 0 fully saturated rings. The zero-order valence-electron chi connectivity index (χ0n) is 17.2. The van der Waals surface area contributed by atoms with Gasteiger partial charge in [-0.15, -0.1) is 0 Å². The van der Waals surface area contributed by atoms with Gasteiger partial charge in [-0.1, -0.05) is 76.9 Å². The molecule has 0 aliphatic carbocycles. The first-order valence-corrected chi connectivity index (χ1v) is 10.9. The number of aliphatic hydroxyl groups is 1. The number of aliphatic hydroxyl groups excluding tert-OH is 1. The van der Waals surface area contributed by atoms with Crippen LogP contribution in [0.1, 0.15) is 104 Å². The monoisotopic (exact) mass is 369 g/mol. The Balaban J connectivity index is 3.28. The minimum atomic E-state index is -0.982. The summed E-state index contributed by atoms with van der Waals surface area (Å²) in [5.41, 5.74) is 0. The lowest BCUT2D eigenvalue weighted by Gasteiger charge is -2.16. The summed E-state index contributed by atoms with van der Waals surface area (Å²) in [6.45, 7) is 4.42. The molecular weight excluding hydrogens is 326 g/mol. The van der Waals surface area contributed by atoms with Gasteiger partial charge in [-0.25, -0.2) is 0 Å². The van der Waals surface area contributed by atoms with E-state index in [-0.39, 0.29) is 0 Å². The molecule has 26 heavy (non-hydrogen) atoms. The van der Waals surface area contributed by atoms with Crippen molar-refractivity contribution in [3.8, 4) is 0 Å². The van der Waals surface area contributed by atoms with Crippen LogP contribution in [0.2, 0.25) is 0 Å². The van der Waals surface area contributed by atoms with Gasteiger partial charge in [0.1, 0.15) is 6.04 Å². The molecule has 154 valence electrons. The van der Waals surface area contributed by atoms with Gasteiger partial charge in [-0.2, -0.15) is 0 Å². The number of carboxylic acid groups (broad SMARTS) is 1. The number of unbranched alkanes of at least 4 members (excludes halogenated alkanes) is 12. The van der Waals surface area contributed by atoms with Gasteiger partial charge in [0.15, 0.2) is 0 Å². The third kappa shape index (κ3) is 16.6. The van der Waals surface area contributed by atoms with Gasteiger partial charge in [-0.3, -0.25) is 4.79 Å². The van der Waals surface area contributed by atoms with Crippen LogP contribution in [0.3, 0.4) is 0 Å². The molecule has 0 aromatic heterocycles. The lowest BCUT2D eigenvalue weighted by atomic mass is 10.1. The Morgan fingerprint density at radius 2 is 1.31 bits per heavy atom. The maximum absolute atomic E-state index is 10.9. The maximum atomic E-state index is 10.9. The first-order chi connectivity index (χ1) is 12.6. The summed E-state index contributed by atoms with van der Waals surface area (Å²) in [6, 6.07) is -0.849. The molecule has 0 aromatic carbocycles. The highest BCUT2D eigenvalue weighted by Gasteiger charge is 2.21. The fourth-order valence-corrected chi connectivity index (χ4v) is 3.09. The molecular formula is C22H43NO3. The summed E-state index contributed by atoms with van der Waals surface area (Å²) in [7, 11) is 0. The SMILES string of the molecule is CCCCCCCC/C=C\CCCCCCCCN[C@H](C(=O)O)[C@H](C)O. The Hall–Kier alpha value is -0.870. The van der Waals surface area contributed by atoms with E-state index in [0.29, 0.717) is 6.54 Å². The molecule has 0 amide bonds. The number of rotatable bonds is 19. The van der Waals surface area contributed by atoms with Gasteiger partial charge >= 0.3 is 5.97 Å². The van der Waals surface area contributed by atoms with Crippen molar-refractivity contribution in [1.29, 1.82) is 0 Å². The smallest absolute Gasteiger partial charge is 0.323 e. The minimum absolute atomic E-state index is 0.656. The molecule has 4 heteroatoms. The van der Waals surface area contributed by atoms with Crippen molar-refractivity contribution in [2.75, 3.05) is 6.54 Å². The van der Waals surface area contributed by atoms with Crippen LogP contribution in [0.25, 0.3) is 0 Å². The van der Waals surface area contributed by atoms with Gasteiger partial charge in [0.25, 0.3) is 0 Å². The van der Waals surface area contributed by atoms with Crippen LogP contribution >= 0.6 is 0 Å². The Bertz CT molecular complexity index is 342. The average molecular weight is 370 g/mol. The largest absolute Gasteiger partial charge is 0.480 e. The standard InChI is InChI=1S/C22H43NO3/c1-3-4-5-6-7-8-9-10-11-12-13-14-15-16-17-18-19-23-21(20(2)24)22(25)26/h10-11,20-21,23-24H,3-9,12-19H2,1-2H3,(H,25,26)/b11-10-/t20-,21-/m0/s1. The van der Waals surface area contributed by atoms with Gasteiger partial charge in [-0.05, 0) is 45.6 Å². The Kier molecular flexibility index (Phi) is 18.3. The Labute approximate surface area is 161 Å². The number of carbonyl (C=O) groups is 1. The van der Waals surface area contributed by atoms with Crippen LogP contribution in [0, 0.1) is 0 Å². The topological polar surface area (TPSA) is 69.6 Å². The highest BCUT2D eigenvalue weighted by Crippen LogP contribution is 2.09. The number of nitrogens with one attached hydrogen (secondary N) is 1. The molecule has 0 saturated carbocycles. The van der Waals surface area contributed by atoms with Crippen LogP contribution in [-0.2, 0) is 4.79 Å². The zero-order valence-corrected chi connectivity index (χ0v) is 17.2. The second-order valence-electron chi connectivity index (χ2n) is 7.45. The van der Waals surface area contributed by atoms with Crippen molar-refractivity contribution in [3.63, 3.8) is 0 Å². The normalized spacial score (nSPS) is 14.0. The number of hydrogen-bond acceptors (Lipinski definition) is 3. The Morgan fingerprint density at radius 3 is 1.77 bits per heavy atom. The number of hydrogen-bond donors (Lipinski definition) is 3. The fourth-order valence-electron chi connectivity index (χ4n) is 3.09. The van der Waals surface area contributed by atoms with E-state index in [0.717, 1.165) is 12.8 Å². The number of carboxylic acids is 1. The predicted molar refractivity (Wildman–Crippen MR) is 111 cm³/mol. The molecule has 0 radical (unpaired) electrons. The first kappa shape index (κ1) is 25.1. The number of aliphatic carboxylic acids is 1. The van der Waals surface area contributed by atoms with Crippen LogP contribution in [0.15, 0.2) is 12.2 Å². The van der Waals surface area contributed by atoms with Crippen molar-refractivity contribution in [2.24, 2.45) is 0 Å². The van der Waals surface area contributed by atoms with Crippen molar-refractivity contribution >= 4 is 5.97 Å². The summed E-state index contributed by atoms with van der Waals surface area (Å²) < 4.78 is 0. The summed E-state index contributed by atoms with van der Waals surface area (Å²) in [5, 5.41) is 21.2. The third-order valence-corrected chi connectivity index (χ3v) is 4.80. The third-order valence-electron chi connectivity index (χ3n) is 4.80. The molecule has 0 rings (SSSR count). The molecule has 0 spiro atoms. The van der Waals surface area contributed by atoms with E-state index < -0.39 is 18.1 Å². The predicted octanol–water partition coefficient (Wildman–Crippen LogP) is 5.45. The van der Waals surface area contributed by atoms with Crippen molar-refractivity contribution < 1.29 is 15.0 Å². The lowest BCUT2D eigenvalue weighted by molar-refractivity contribution is -0.142. The second kappa shape index (κ2) is 18.9. The van der Waals surface area contributed by atoms with Crippen LogP contribution in [0.5, 0.6) is 0 Å².